The van der Waals surface area contributed by atoms with Gasteiger partial charge in [0.1, 0.15) is 0 Å². The maximum Gasteiger partial charge on any atom is 0.0510 e. The molecule has 2 unspecified atom stereocenters. The summed E-state index contributed by atoms with van der Waals surface area (Å²) in [6.45, 7) is 8.92. The van der Waals surface area contributed by atoms with E-state index < -0.39 is 0 Å². The molecule has 2 fully saturated rings. The maximum atomic E-state index is 5.56. The van der Waals surface area contributed by atoms with Gasteiger partial charge in [-0.25, -0.2) is 0 Å². The van der Waals surface area contributed by atoms with Crippen molar-refractivity contribution in [2.75, 3.05) is 46.4 Å². The second-order valence-corrected chi connectivity index (χ2v) is 4.57. The van der Waals surface area contributed by atoms with Gasteiger partial charge >= 0.3 is 0 Å². The highest BCUT2D eigenvalue weighted by molar-refractivity contribution is 4.91. The largest absolute Gasteiger partial charge is 0.381 e. The van der Waals surface area contributed by atoms with Crippen molar-refractivity contribution in [3.05, 3.63) is 0 Å². The first-order chi connectivity index (χ1) is 6.81. The van der Waals surface area contributed by atoms with E-state index in [9.17, 15) is 0 Å². The number of rotatable bonds is 3. The van der Waals surface area contributed by atoms with Crippen LogP contribution in [0.3, 0.4) is 0 Å². The van der Waals surface area contributed by atoms with Crippen LogP contribution in [0.25, 0.3) is 0 Å². The Hall–Kier alpha value is -0.120. The molecular weight excluding hydrogens is 176 g/mol. The second-order valence-electron chi connectivity index (χ2n) is 4.57. The molecule has 3 nitrogen and oxygen atoms in total. The van der Waals surface area contributed by atoms with Gasteiger partial charge < -0.3 is 9.64 Å². The highest BCUT2D eigenvalue weighted by Gasteiger charge is 2.36. The van der Waals surface area contributed by atoms with Crippen molar-refractivity contribution in [2.24, 2.45) is 5.92 Å². The minimum absolute atomic E-state index is 0.764. The Kier molecular flexibility index (Phi) is 3.42. The number of ether oxygens (including phenoxy) is 1. The lowest BCUT2D eigenvalue weighted by Crippen LogP contribution is -2.51. The number of hydrogen-bond acceptors (Lipinski definition) is 3. The van der Waals surface area contributed by atoms with Crippen LogP contribution in [0.4, 0.5) is 0 Å². The van der Waals surface area contributed by atoms with Gasteiger partial charge in [0.25, 0.3) is 0 Å². The Labute approximate surface area is 87.0 Å². The summed E-state index contributed by atoms with van der Waals surface area (Å²) in [5.74, 6) is 0.776. The fourth-order valence-electron chi connectivity index (χ4n) is 2.70. The van der Waals surface area contributed by atoms with Gasteiger partial charge in [-0.3, -0.25) is 4.90 Å². The third-order valence-electron chi connectivity index (χ3n) is 3.60. The van der Waals surface area contributed by atoms with Crippen LogP contribution in [-0.2, 0) is 4.74 Å². The van der Waals surface area contributed by atoms with Crippen LogP contribution in [-0.4, -0.2) is 62.3 Å². The zero-order valence-electron chi connectivity index (χ0n) is 9.41. The van der Waals surface area contributed by atoms with Crippen LogP contribution in [0.1, 0.15) is 13.3 Å². The van der Waals surface area contributed by atoms with Gasteiger partial charge in [0.2, 0.25) is 0 Å². The zero-order valence-corrected chi connectivity index (χ0v) is 9.41. The predicted octanol–water partition coefficient (Wildman–Crippen LogP) is 0.659. The molecule has 0 aromatic carbocycles. The average Bonchev–Trinajstić information content (AvgIpc) is 2.57. The molecule has 2 atom stereocenters. The minimum atomic E-state index is 0.764. The zero-order chi connectivity index (χ0) is 9.97. The number of fused-ring (bicyclic) bond motifs is 1. The van der Waals surface area contributed by atoms with Crippen molar-refractivity contribution in [1.29, 1.82) is 0 Å². The van der Waals surface area contributed by atoms with E-state index >= 15 is 0 Å². The molecular formula is C11H22N2O. The molecule has 0 aromatic heterocycles. The highest BCUT2D eigenvalue weighted by atomic mass is 16.5. The quantitative estimate of drug-likeness (QED) is 0.662. The van der Waals surface area contributed by atoms with Gasteiger partial charge in [-0.1, -0.05) is 0 Å². The van der Waals surface area contributed by atoms with E-state index in [1.54, 1.807) is 0 Å². The minimum Gasteiger partial charge on any atom is -0.381 e. The summed E-state index contributed by atoms with van der Waals surface area (Å²) in [5, 5.41) is 0. The molecule has 3 heteroatoms. The standard InChI is InChI=1S/C11H22N2O/c1-3-14-9-10-4-5-13-7-6-12(2)8-11(10)13/h10-11H,3-9H2,1-2H3. The van der Waals surface area contributed by atoms with Crippen LogP contribution >= 0.6 is 0 Å². The number of likely N-dealkylation sites (N-methyl/N-ethyl adjacent to an activating group) is 1. The molecule has 0 N–H and O–H groups in total. The predicted molar refractivity (Wildman–Crippen MR) is 57.5 cm³/mol. The third-order valence-corrected chi connectivity index (χ3v) is 3.60. The molecule has 2 saturated heterocycles. The van der Waals surface area contributed by atoms with Gasteiger partial charge in [-0.2, -0.15) is 0 Å². The molecule has 0 aromatic rings. The van der Waals surface area contributed by atoms with Gasteiger partial charge in [-0.05, 0) is 26.9 Å². The van der Waals surface area contributed by atoms with Crippen molar-refractivity contribution in [3.8, 4) is 0 Å². The Balaban J connectivity index is 1.87. The van der Waals surface area contributed by atoms with Crippen LogP contribution in [0.2, 0.25) is 0 Å². The molecule has 0 spiro atoms. The van der Waals surface area contributed by atoms with Crippen LogP contribution in [0.5, 0.6) is 0 Å². The van der Waals surface area contributed by atoms with E-state index in [2.05, 4.69) is 23.8 Å². The lowest BCUT2D eigenvalue weighted by molar-refractivity contribution is 0.0582. The van der Waals surface area contributed by atoms with Crippen molar-refractivity contribution >= 4 is 0 Å². The van der Waals surface area contributed by atoms with Crippen molar-refractivity contribution in [2.45, 2.75) is 19.4 Å². The van der Waals surface area contributed by atoms with Crippen molar-refractivity contribution < 1.29 is 4.74 Å². The van der Waals surface area contributed by atoms with Crippen LogP contribution in [0.15, 0.2) is 0 Å². The molecule has 82 valence electrons. The molecule has 0 amide bonds. The normalized spacial score (nSPS) is 34.7. The molecule has 2 aliphatic heterocycles. The van der Waals surface area contributed by atoms with Gasteiger partial charge in [0.05, 0.1) is 6.61 Å². The van der Waals surface area contributed by atoms with Gasteiger partial charge in [-0.15, -0.1) is 0 Å². The Morgan fingerprint density at radius 3 is 2.93 bits per heavy atom. The molecule has 14 heavy (non-hydrogen) atoms. The second kappa shape index (κ2) is 4.60. The van der Waals surface area contributed by atoms with Gasteiger partial charge in [0.15, 0.2) is 0 Å². The van der Waals surface area contributed by atoms with Crippen molar-refractivity contribution in [1.82, 2.24) is 9.80 Å². The maximum absolute atomic E-state index is 5.56. The molecule has 2 aliphatic rings. The number of nitrogens with zero attached hydrogens (tertiary/aromatic N) is 2. The summed E-state index contributed by atoms with van der Waals surface area (Å²) in [5.41, 5.74) is 0. The highest BCUT2D eigenvalue weighted by Crippen LogP contribution is 2.27. The third kappa shape index (κ3) is 2.10. The van der Waals surface area contributed by atoms with E-state index in [0.717, 1.165) is 25.2 Å². The van der Waals surface area contributed by atoms with E-state index in [1.165, 1.54) is 32.6 Å². The first-order valence-electron chi connectivity index (χ1n) is 5.81. The van der Waals surface area contributed by atoms with E-state index in [0.29, 0.717) is 0 Å². The molecule has 2 heterocycles. The summed E-state index contributed by atoms with van der Waals surface area (Å²) < 4.78 is 5.56. The lowest BCUT2D eigenvalue weighted by Gasteiger charge is -2.37. The van der Waals surface area contributed by atoms with Crippen molar-refractivity contribution in [3.63, 3.8) is 0 Å². The topological polar surface area (TPSA) is 15.7 Å². The first-order valence-corrected chi connectivity index (χ1v) is 5.81. The lowest BCUT2D eigenvalue weighted by atomic mass is 10.00. The molecule has 0 saturated carbocycles. The Bertz CT molecular complexity index is 186. The molecule has 0 bridgehead atoms. The summed E-state index contributed by atoms with van der Waals surface area (Å²) in [6.07, 6.45) is 1.33. The summed E-state index contributed by atoms with van der Waals surface area (Å²) >= 11 is 0. The smallest absolute Gasteiger partial charge is 0.0510 e. The van der Waals surface area contributed by atoms with Crippen LogP contribution < -0.4 is 0 Å². The Morgan fingerprint density at radius 1 is 1.29 bits per heavy atom. The summed E-state index contributed by atoms with van der Waals surface area (Å²) in [6, 6.07) is 0.764. The van der Waals surface area contributed by atoms with Gasteiger partial charge in [0, 0.05) is 38.2 Å². The molecule has 0 aliphatic carbocycles. The van der Waals surface area contributed by atoms with E-state index in [4.69, 9.17) is 4.74 Å². The summed E-state index contributed by atoms with van der Waals surface area (Å²) in [7, 11) is 2.23. The first kappa shape index (κ1) is 10.4. The molecule has 0 radical (unpaired) electrons. The average molecular weight is 198 g/mol. The fourth-order valence-corrected chi connectivity index (χ4v) is 2.70. The molecule has 2 rings (SSSR count). The number of piperazine rings is 1. The van der Waals surface area contributed by atoms with Crippen LogP contribution in [0, 0.1) is 5.92 Å². The fraction of sp³-hybridized carbons (Fsp3) is 1.00. The summed E-state index contributed by atoms with van der Waals surface area (Å²) in [4.78, 5) is 5.09. The number of hydrogen-bond donors (Lipinski definition) is 0. The van der Waals surface area contributed by atoms with E-state index in [1.807, 2.05) is 0 Å². The SMILES string of the molecule is CCOCC1CCN2CCN(C)CC12. The monoisotopic (exact) mass is 198 g/mol. The van der Waals surface area contributed by atoms with E-state index in [-0.39, 0.29) is 0 Å². The Morgan fingerprint density at radius 2 is 2.14 bits per heavy atom.